The molecule has 1 heterocycles. The maximum atomic E-state index is 11.7. The van der Waals surface area contributed by atoms with Crippen molar-refractivity contribution in [2.24, 2.45) is 5.73 Å². The molecule has 0 saturated carbocycles. The number of thiocarbonyl (C=S) groups is 1. The third-order valence-electron chi connectivity index (χ3n) is 3.28. The van der Waals surface area contributed by atoms with E-state index in [4.69, 9.17) is 27.4 Å². The minimum atomic E-state index is -0.505. The second kappa shape index (κ2) is 6.01. The number of amides is 1. The van der Waals surface area contributed by atoms with Gasteiger partial charge in [0.15, 0.2) is 16.6 Å². The summed E-state index contributed by atoms with van der Waals surface area (Å²) in [6.07, 6.45) is 0. The van der Waals surface area contributed by atoms with Crippen LogP contribution in [0.4, 0.5) is 0 Å². The van der Waals surface area contributed by atoms with E-state index in [0.29, 0.717) is 27.9 Å². The fourth-order valence-corrected chi connectivity index (χ4v) is 2.57. The number of methoxy groups -OCH3 is 2. The summed E-state index contributed by atoms with van der Waals surface area (Å²) in [7, 11) is 3.12. The van der Waals surface area contributed by atoms with Gasteiger partial charge >= 0.3 is 0 Å². The molecule has 0 aromatic heterocycles. The van der Waals surface area contributed by atoms with Gasteiger partial charge in [-0.3, -0.25) is 4.79 Å². The standard InChI is InChI=1S/C14H17N3O3S/c1-7-11(13(15)18)12(17-14(21)16-7)8-4-5-9(19-2)10(6-8)20-3/h4-6,12H,1-3H3,(H2,15,18)(H2,16,17,21). The molecule has 0 bridgehead atoms. The molecular weight excluding hydrogens is 290 g/mol. The fraction of sp³-hybridized carbons (Fsp3) is 0.286. The molecule has 1 aliphatic heterocycles. The molecule has 2 rings (SSSR count). The van der Waals surface area contributed by atoms with Gasteiger partial charge in [-0.15, -0.1) is 0 Å². The number of rotatable bonds is 4. The van der Waals surface area contributed by atoms with E-state index >= 15 is 0 Å². The van der Waals surface area contributed by atoms with E-state index in [-0.39, 0.29) is 0 Å². The van der Waals surface area contributed by atoms with Gasteiger partial charge in [-0.2, -0.15) is 0 Å². The predicted molar refractivity (Wildman–Crippen MR) is 83.1 cm³/mol. The molecule has 0 radical (unpaired) electrons. The molecule has 0 fully saturated rings. The van der Waals surface area contributed by atoms with Crippen LogP contribution in [-0.2, 0) is 4.79 Å². The van der Waals surface area contributed by atoms with Crippen molar-refractivity contribution in [3.05, 3.63) is 35.0 Å². The smallest absolute Gasteiger partial charge is 0.248 e. The number of nitrogens with one attached hydrogen (secondary N) is 2. The van der Waals surface area contributed by atoms with Crippen LogP contribution in [0.15, 0.2) is 29.5 Å². The third kappa shape index (κ3) is 2.92. The first-order valence-electron chi connectivity index (χ1n) is 6.28. The molecule has 0 saturated heterocycles. The molecule has 112 valence electrons. The molecule has 7 heteroatoms. The molecule has 1 aromatic carbocycles. The van der Waals surface area contributed by atoms with Gasteiger partial charge in [-0.05, 0) is 36.8 Å². The van der Waals surface area contributed by atoms with E-state index in [2.05, 4.69) is 10.6 Å². The number of nitrogens with two attached hydrogens (primary N) is 1. The van der Waals surface area contributed by atoms with Crippen molar-refractivity contribution in [3.8, 4) is 11.5 Å². The maximum absolute atomic E-state index is 11.7. The average Bonchev–Trinajstić information content (AvgIpc) is 2.45. The van der Waals surface area contributed by atoms with Crippen LogP contribution in [0.1, 0.15) is 18.5 Å². The number of carbonyl (C=O) groups is 1. The molecule has 1 aromatic rings. The van der Waals surface area contributed by atoms with E-state index in [1.807, 2.05) is 6.07 Å². The van der Waals surface area contributed by atoms with Gasteiger partial charge < -0.3 is 25.8 Å². The van der Waals surface area contributed by atoms with Crippen molar-refractivity contribution in [2.75, 3.05) is 14.2 Å². The predicted octanol–water partition coefficient (Wildman–Crippen LogP) is 0.982. The van der Waals surface area contributed by atoms with Crippen molar-refractivity contribution in [3.63, 3.8) is 0 Å². The quantitative estimate of drug-likeness (QED) is 0.719. The molecule has 6 nitrogen and oxygen atoms in total. The minimum Gasteiger partial charge on any atom is -0.493 e. The fourth-order valence-electron chi connectivity index (χ4n) is 2.30. The van der Waals surface area contributed by atoms with E-state index in [0.717, 1.165) is 5.56 Å². The molecule has 21 heavy (non-hydrogen) atoms. The summed E-state index contributed by atoms with van der Waals surface area (Å²) in [5.41, 5.74) is 7.38. The summed E-state index contributed by atoms with van der Waals surface area (Å²) in [6.45, 7) is 1.76. The Morgan fingerprint density at radius 2 is 1.95 bits per heavy atom. The Labute approximate surface area is 128 Å². The van der Waals surface area contributed by atoms with E-state index in [9.17, 15) is 4.79 Å². The highest BCUT2D eigenvalue weighted by atomic mass is 32.1. The Morgan fingerprint density at radius 1 is 1.29 bits per heavy atom. The molecule has 0 spiro atoms. The van der Waals surface area contributed by atoms with Gasteiger partial charge in [0.2, 0.25) is 5.91 Å². The van der Waals surface area contributed by atoms with Crippen molar-refractivity contribution in [1.29, 1.82) is 0 Å². The lowest BCUT2D eigenvalue weighted by atomic mass is 9.95. The Kier molecular flexibility index (Phi) is 4.32. The first-order chi connectivity index (χ1) is 9.97. The lowest BCUT2D eigenvalue weighted by Crippen LogP contribution is -2.46. The summed E-state index contributed by atoms with van der Waals surface area (Å²) in [4.78, 5) is 11.7. The van der Waals surface area contributed by atoms with Crippen molar-refractivity contribution in [2.45, 2.75) is 13.0 Å². The Bertz CT molecular complexity index is 628. The Balaban J connectivity index is 2.50. The lowest BCUT2D eigenvalue weighted by molar-refractivity contribution is -0.115. The highest BCUT2D eigenvalue weighted by Crippen LogP contribution is 2.33. The maximum Gasteiger partial charge on any atom is 0.248 e. The number of ether oxygens (including phenoxy) is 2. The summed E-state index contributed by atoms with van der Waals surface area (Å²) in [5.74, 6) is 0.677. The van der Waals surface area contributed by atoms with Crippen LogP contribution in [0.5, 0.6) is 11.5 Å². The van der Waals surface area contributed by atoms with Gasteiger partial charge in [0.1, 0.15) is 0 Å². The van der Waals surface area contributed by atoms with Crippen LogP contribution in [0.3, 0.4) is 0 Å². The minimum absolute atomic E-state index is 0.420. The number of allylic oxidation sites excluding steroid dienone is 1. The summed E-state index contributed by atoms with van der Waals surface area (Å²) in [5, 5.41) is 6.40. The third-order valence-corrected chi connectivity index (χ3v) is 3.50. The number of benzene rings is 1. The molecule has 1 aliphatic rings. The van der Waals surface area contributed by atoms with Crippen LogP contribution in [0, 0.1) is 0 Å². The Morgan fingerprint density at radius 3 is 2.52 bits per heavy atom. The topological polar surface area (TPSA) is 85.6 Å². The highest BCUT2D eigenvalue weighted by Gasteiger charge is 2.29. The zero-order chi connectivity index (χ0) is 15.6. The van der Waals surface area contributed by atoms with Gasteiger partial charge in [-0.1, -0.05) is 6.07 Å². The van der Waals surface area contributed by atoms with E-state index in [1.54, 1.807) is 33.3 Å². The van der Waals surface area contributed by atoms with Crippen LogP contribution < -0.4 is 25.8 Å². The zero-order valence-electron chi connectivity index (χ0n) is 12.0. The first-order valence-corrected chi connectivity index (χ1v) is 6.68. The van der Waals surface area contributed by atoms with Crippen molar-refractivity contribution in [1.82, 2.24) is 10.6 Å². The van der Waals surface area contributed by atoms with Crippen LogP contribution >= 0.6 is 12.2 Å². The summed E-state index contributed by atoms with van der Waals surface area (Å²) >= 11 is 5.14. The summed E-state index contributed by atoms with van der Waals surface area (Å²) in [6, 6.07) is 4.98. The van der Waals surface area contributed by atoms with Gasteiger partial charge in [0, 0.05) is 5.70 Å². The number of hydrogen-bond donors (Lipinski definition) is 3. The Hall–Kier alpha value is -2.28. The zero-order valence-corrected chi connectivity index (χ0v) is 12.8. The SMILES string of the molecule is COc1ccc(C2NC(=S)NC(C)=C2C(N)=O)cc1OC. The van der Waals surface area contributed by atoms with Crippen molar-refractivity contribution >= 4 is 23.2 Å². The highest BCUT2D eigenvalue weighted by molar-refractivity contribution is 7.80. The number of primary amides is 1. The number of hydrogen-bond acceptors (Lipinski definition) is 4. The van der Waals surface area contributed by atoms with Crippen LogP contribution in [0.25, 0.3) is 0 Å². The molecule has 1 atom stereocenters. The number of carbonyl (C=O) groups excluding carboxylic acids is 1. The molecule has 4 N–H and O–H groups in total. The largest absolute Gasteiger partial charge is 0.493 e. The first kappa shape index (κ1) is 15.1. The molecule has 0 aliphatic carbocycles. The van der Waals surface area contributed by atoms with Crippen LogP contribution in [0.2, 0.25) is 0 Å². The molecule has 1 unspecified atom stereocenters. The average molecular weight is 307 g/mol. The second-order valence-corrected chi connectivity index (χ2v) is 4.96. The van der Waals surface area contributed by atoms with Crippen LogP contribution in [-0.4, -0.2) is 25.2 Å². The van der Waals surface area contributed by atoms with Gasteiger partial charge in [-0.25, -0.2) is 0 Å². The van der Waals surface area contributed by atoms with E-state index < -0.39 is 11.9 Å². The summed E-state index contributed by atoms with van der Waals surface area (Å²) < 4.78 is 10.5. The van der Waals surface area contributed by atoms with E-state index in [1.165, 1.54) is 0 Å². The second-order valence-electron chi connectivity index (χ2n) is 4.55. The molecular formula is C14H17N3O3S. The lowest BCUT2D eigenvalue weighted by Gasteiger charge is -2.29. The van der Waals surface area contributed by atoms with Crippen molar-refractivity contribution < 1.29 is 14.3 Å². The van der Waals surface area contributed by atoms with Gasteiger partial charge in [0.25, 0.3) is 0 Å². The normalized spacial score (nSPS) is 17.9. The van der Waals surface area contributed by atoms with Gasteiger partial charge in [0.05, 0.1) is 25.8 Å². The molecule has 1 amide bonds. The monoisotopic (exact) mass is 307 g/mol.